The first kappa shape index (κ1) is 11.2. The van der Waals surface area contributed by atoms with Gasteiger partial charge in [-0.15, -0.1) is 0 Å². The molecule has 0 saturated carbocycles. The summed E-state index contributed by atoms with van der Waals surface area (Å²) in [7, 11) is 0. The van der Waals surface area contributed by atoms with E-state index in [4.69, 9.17) is 5.11 Å². The second kappa shape index (κ2) is 4.31. The quantitative estimate of drug-likeness (QED) is 0.755. The van der Waals surface area contributed by atoms with Crippen molar-refractivity contribution in [3.8, 4) is 0 Å². The minimum atomic E-state index is -0.763. The van der Waals surface area contributed by atoms with Crippen molar-refractivity contribution in [3.63, 3.8) is 0 Å². The van der Waals surface area contributed by atoms with Crippen molar-refractivity contribution in [2.45, 2.75) is 44.7 Å². The third-order valence-corrected chi connectivity index (χ3v) is 3.61. The molecular formula is C11H18N2O3. The third kappa shape index (κ3) is 1.74. The number of carbonyl (C=O) groups excluding carboxylic acids is 1. The summed E-state index contributed by atoms with van der Waals surface area (Å²) in [6.45, 7) is 2.66. The van der Waals surface area contributed by atoms with E-state index in [1.54, 1.807) is 4.90 Å². The first-order valence-electron chi connectivity index (χ1n) is 5.94. The molecule has 2 bridgehead atoms. The summed E-state index contributed by atoms with van der Waals surface area (Å²) in [5.41, 5.74) is 0. The summed E-state index contributed by atoms with van der Waals surface area (Å²) in [5.74, 6) is -1.12. The standard InChI is InChI=1S/C11H18N2O3/c1-2-5-12-11(16)13-7-3-4-9(13)8(6-7)10(14)15/h7-9H,2-6H2,1H3,(H,12,16)(H,14,15). The number of fused-ring (bicyclic) bond motifs is 2. The average Bonchev–Trinajstić information content (AvgIpc) is 2.82. The highest BCUT2D eigenvalue weighted by Crippen LogP contribution is 2.41. The van der Waals surface area contributed by atoms with Gasteiger partial charge in [-0.25, -0.2) is 4.79 Å². The molecule has 3 atom stereocenters. The minimum Gasteiger partial charge on any atom is -0.481 e. The van der Waals surface area contributed by atoms with Crippen molar-refractivity contribution >= 4 is 12.0 Å². The maximum Gasteiger partial charge on any atom is 0.317 e. The van der Waals surface area contributed by atoms with E-state index in [-0.39, 0.29) is 24.0 Å². The molecule has 2 aliphatic rings. The molecule has 2 rings (SSSR count). The lowest BCUT2D eigenvalue weighted by molar-refractivity contribution is -0.142. The monoisotopic (exact) mass is 226 g/mol. The van der Waals surface area contributed by atoms with Gasteiger partial charge >= 0.3 is 12.0 Å². The molecule has 0 aromatic heterocycles. The molecule has 16 heavy (non-hydrogen) atoms. The summed E-state index contributed by atoms with van der Waals surface area (Å²) in [4.78, 5) is 24.6. The Morgan fingerprint density at radius 1 is 1.44 bits per heavy atom. The van der Waals surface area contributed by atoms with Crippen molar-refractivity contribution in [2.75, 3.05) is 6.54 Å². The molecule has 2 saturated heterocycles. The van der Waals surface area contributed by atoms with E-state index in [1.165, 1.54) is 0 Å². The van der Waals surface area contributed by atoms with Gasteiger partial charge in [-0.3, -0.25) is 4.79 Å². The summed E-state index contributed by atoms with van der Waals surface area (Å²) in [6, 6.07) is -0.0274. The number of aliphatic carboxylic acids is 1. The van der Waals surface area contributed by atoms with Crippen molar-refractivity contribution in [3.05, 3.63) is 0 Å². The van der Waals surface area contributed by atoms with E-state index in [0.717, 1.165) is 19.3 Å². The van der Waals surface area contributed by atoms with Crippen LogP contribution in [0.4, 0.5) is 4.79 Å². The van der Waals surface area contributed by atoms with Crippen molar-refractivity contribution in [1.82, 2.24) is 10.2 Å². The maximum absolute atomic E-state index is 11.9. The number of nitrogens with zero attached hydrogens (tertiary/aromatic N) is 1. The molecule has 0 aromatic carbocycles. The fourth-order valence-corrected chi connectivity index (χ4v) is 2.89. The van der Waals surface area contributed by atoms with Crippen LogP contribution in [-0.2, 0) is 4.79 Å². The Morgan fingerprint density at radius 2 is 2.19 bits per heavy atom. The van der Waals surface area contributed by atoms with Crippen LogP contribution in [0.2, 0.25) is 0 Å². The van der Waals surface area contributed by atoms with Crippen molar-refractivity contribution in [2.24, 2.45) is 5.92 Å². The van der Waals surface area contributed by atoms with Crippen LogP contribution in [0, 0.1) is 5.92 Å². The Morgan fingerprint density at radius 3 is 2.75 bits per heavy atom. The molecule has 2 amide bonds. The lowest BCUT2D eigenvalue weighted by Gasteiger charge is -2.23. The summed E-state index contributed by atoms with van der Waals surface area (Å²) >= 11 is 0. The Balaban J connectivity index is 2.01. The Labute approximate surface area is 94.8 Å². The van der Waals surface area contributed by atoms with Gasteiger partial charge in [-0.2, -0.15) is 0 Å². The largest absolute Gasteiger partial charge is 0.481 e. The number of rotatable bonds is 3. The molecule has 5 nitrogen and oxygen atoms in total. The molecule has 2 heterocycles. The van der Waals surface area contributed by atoms with Gasteiger partial charge < -0.3 is 15.3 Å². The van der Waals surface area contributed by atoms with Crippen LogP contribution in [0.25, 0.3) is 0 Å². The van der Waals surface area contributed by atoms with E-state index in [1.807, 2.05) is 6.92 Å². The second-order valence-corrected chi connectivity index (χ2v) is 4.62. The van der Waals surface area contributed by atoms with E-state index in [0.29, 0.717) is 13.0 Å². The Bertz CT molecular complexity index is 306. The van der Waals surface area contributed by atoms with Crippen molar-refractivity contribution in [1.29, 1.82) is 0 Å². The molecule has 0 radical (unpaired) electrons. The van der Waals surface area contributed by atoms with Gasteiger partial charge in [-0.05, 0) is 25.7 Å². The smallest absolute Gasteiger partial charge is 0.317 e. The first-order valence-corrected chi connectivity index (χ1v) is 5.94. The van der Waals surface area contributed by atoms with Gasteiger partial charge in [0.2, 0.25) is 0 Å². The number of amides is 2. The number of nitrogens with one attached hydrogen (secondary N) is 1. The van der Waals surface area contributed by atoms with E-state index in [9.17, 15) is 9.59 Å². The van der Waals surface area contributed by atoms with E-state index in [2.05, 4.69) is 5.32 Å². The van der Waals surface area contributed by atoms with Crippen LogP contribution in [-0.4, -0.2) is 40.6 Å². The third-order valence-electron chi connectivity index (χ3n) is 3.61. The number of carbonyl (C=O) groups is 2. The lowest BCUT2D eigenvalue weighted by atomic mass is 9.89. The summed E-state index contributed by atoms with van der Waals surface area (Å²) in [5, 5.41) is 11.9. The highest BCUT2D eigenvalue weighted by atomic mass is 16.4. The summed E-state index contributed by atoms with van der Waals surface area (Å²) < 4.78 is 0. The molecule has 2 N–H and O–H groups in total. The van der Waals surface area contributed by atoms with Gasteiger partial charge in [0.15, 0.2) is 0 Å². The fraction of sp³-hybridized carbons (Fsp3) is 0.818. The average molecular weight is 226 g/mol. The number of hydrogen-bond donors (Lipinski definition) is 2. The zero-order valence-corrected chi connectivity index (χ0v) is 9.48. The topological polar surface area (TPSA) is 69.6 Å². The van der Waals surface area contributed by atoms with Crippen molar-refractivity contribution < 1.29 is 14.7 Å². The fourth-order valence-electron chi connectivity index (χ4n) is 2.89. The van der Waals surface area contributed by atoms with Crippen LogP contribution in [0.15, 0.2) is 0 Å². The first-order chi connectivity index (χ1) is 7.65. The molecule has 0 spiro atoms. The van der Waals surface area contributed by atoms with Gasteiger partial charge in [-0.1, -0.05) is 6.92 Å². The number of carboxylic acid groups (broad SMARTS) is 1. The van der Waals surface area contributed by atoms with E-state index >= 15 is 0 Å². The number of urea groups is 1. The lowest BCUT2D eigenvalue weighted by Crippen LogP contribution is -2.44. The second-order valence-electron chi connectivity index (χ2n) is 4.62. The van der Waals surface area contributed by atoms with Gasteiger partial charge in [0.25, 0.3) is 0 Å². The molecule has 3 unspecified atom stereocenters. The van der Waals surface area contributed by atoms with Crippen LogP contribution in [0.1, 0.15) is 32.6 Å². The molecule has 5 heteroatoms. The molecule has 0 aliphatic carbocycles. The van der Waals surface area contributed by atoms with Crippen LogP contribution in [0.3, 0.4) is 0 Å². The summed E-state index contributed by atoms with van der Waals surface area (Å²) in [6.07, 6.45) is 3.31. The highest BCUT2D eigenvalue weighted by Gasteiger charge is 2.51. The van der Waals surface area contributed by atoms with Crippen LogP contribution in [0.5, 0.6) is 0 Å². The SMILES string of the molecule is CCCNC(=O)N1C2CCC1C(C(=O)O)C2. The Kier molecular flexibility index (Phi) is 3.03. The predicted molar refractivity (Wildman–Crippen MR) is 58.1 cm³/mol. The normalized spacial score (nSPS) is 31.8. The molecule has 0 aromatic rings. The van der Waals surface area contributed by atoms with E-state index < -0.39 is 5.97 Å². The zero-order valence-electron chi connectivity index (χ0n) is 9.48. The molecule has 90 valence electrons. The van der Waals surface area contributed by atoms with Gasteiger partial charge in [0, 0.05) is 18.6 Å². The van der Waals surface area contributed by atoms with Crippen LogP contribution < -0.4 is 5.32 Å². The zero-order chi connectivity index (χ0) is 11.7. The molecule has 2 fully saturated rings. The number of carboxylic acids is 1. The molecule has 2 aliphatic heterocycles. The van der Waals surface area contributed by atoms with Gasteiger partial charge in [0.05, 0.1) is 5.92 Å². The predicted octanol–water partition coefficient (Wildman–Crippen LogP) is 1.04. The highest BCUT2D eigenvalue weighted by molar-refractivity contribution is 5.79. The maximum atomic E-state index is 11.9. The number of hydrogen-bond acceptors (Lipinski definition) is 2. The minimum absolute atomic E-state index is 0.0839. The Hall–Kier alpha value is -1.26. The molecular weight excluding hydrogens is 208 g/mol. The van der Waals surface area contributed by atoms with Crippen LogP contribution >= 0.6 is 0 Å². The van der Waals surface area contributed by atoms with Gasteiger partial charge in [0.1, 0.15) is 0 Å².